The number of carbonyl (C=O) groups is 1. The second kappa shape index (κ2) is 11.0. The van der Waals surface area contributed by atoms with Gasteiger partial charge in [0.15, 0.2) is 0 Å². The predicted octanol–water partition coefficient (Wildman–Crippen LogP) is 5.05. The molecule has 0 bridgehead atoms. The summed E-state index contributed by atoms with van der Waals surface area (Å²) < 4.78 is 11.7. The highest BCUT2D eigenvalue weighted by Gasteiger charge is 2.24. The molecule has 0 aliphatic rings. The van der Waals surface area contributed by atoms with Gasteiger partial charge in [0.05, 0.1) is 18.8 Å². The van der Waals surface area contributed by atoms with Crippen molar-refractivity contribution in [3.63, 3.8) is 0 Å². The third kappa shape index (κ3) is 6.69. The van der Waals surface area contributed by atoms with Crippen LogP contribution in [0.3, 0.4) is 0 Å². The summed E-state index contributed by atoms with van der Waals surface area (Å²) in [5.41, 5.74) is 2.76. The molecule has 0 amide bonds. The van der Waals surface area contributed by atoms with Crippen LogP contribution in [0.2, 0.25) is 0 Å². The van der Waals surface area contributed by atoms with Crippen LogP contribution in [0.25, 0.3) is 11.5 Å². The Morgan fingerprint density at radius 1 is 1.16 bits per heavy atom. The Balaban J connectivity index is 1.54. The highest BCUT2D eigenvalue weighted by Crippen LogP contribution is 2.23. The first-order valence-corrected chi connectivity index (χ1v) is 11.1. The van der Waals surface area contributed by atoms with E-state index in [9.17, 15) is 4.79 Å². The molecular weight excluding hydrogens is 404 g/mol. The van der Waals surface area contributed by atoms with E-state index < -0.39 is 5.97 Å². The van der Waals surface area contributed by atoms with E-state index in [0.29, 0.717) is 18.9 Å². The van der Waals surface area contributed by atoms with Gasteiger partial charge in [-0.2, -0.15) is 0 Å². The molecule has 2 aromatic carbocycles. The van der Waals surface area contributed by atoms with Crippen molar-refractivity contribution in [3.8, 4) is 17.2 Å². The lowest BCUT2D eigenvalue weighted by atomic mass is 9.88. The number of carboxylic acids is 1. The summed E-state index contributed by atoms with van der Waals surface area (Å²) in [5, 5.41) is 12.2. The molecule has 0 radical (unpaired) electrons. The molecule has 2 N–H and O–H groups in total. The maximum Gasteiger partial charge on any atom is 0.317 e. The minimum absolute atomic E-state index is 0.0366. The monoisotopic (exact) mass is 436 g/mol. The third-order valence-corrected chi connectivity index (χ3v) is 5.51. The Morgan fingerprint density at radius 2 is 1.88 bits per heavy atom. The van der Waals surface area contributed by atoms with E-state index >= 15 is 0 Å². The molecule has 1 heterocycles. The molecule has 0 aliphatic heterocycles. The standard InChI is InChI=1S/C26H32N2O4/c1-4-15-26(3,27-18-24(29)30)17-20-10-12-22(13-11-20)31-16-14-23-19(2)32-25(28-23)21-8-6-5-7-9-21/h5-13,27H,4,14-18H2,1-3H3,(H,29,30). The minimum atomic E-state index is -0.839. The van der Waals surface area contributed by atoms with Crippen LogP contribution in [0.1, 0.15) is 43.7 Å². The molecule has 0 saturated heterocycles. The number of aromatic nitrogens is 1. The van der Waals surface area contributed by atoms with Crippen molar-refractivity contribution >= 4 is 5.97 Å². The van der Waals surface area contributed by atoms with Crippen molar-refractivity contribution in [2.24, 2.45) is 0 Å². The predicted molar refractivity (Wildman–Crippen MR) is 125 cm³/mol. The lowest BCUT2D eigenvalue weighted by molar-refractivity contribution is -0.136. The van der Waals surface area contributed by atoms with E-state index in [4.69, 9.17) is 14.3 Å². The van der Waals surface area contributed by atoms with Crippen LogP contribution in [0.5, 0.6) is 5.75 Å². The lowest BCUT2D eigenvalue weighted by Crippen LogP contribution is -2.46. The quantitative estimate of drug-likeness (QED) is 0.413. The Morgan fingerprint density at radius 3 is 2.53 bits per heavy atom. The Kier molecular flexibility index (Phi) is 8.06. The van der Waals surface area contributed by atoms with Gasteiger partial charge in [-0.05, 0) is 56.5 Å². The number of oxazole rings is 1. The number of hydrogen-bond donors (Lipinski definition) is 2. The van der Waals surface area contributed by atoms with Crippen LogP contribution in [0, 0.1) is 6.92 Å². The number of carboxylic acid groups (broad SMARTS) is 1. The van der Waals surface area contributed by atoms with Gasteiger partial charge in [0.1, 0.15) is 11.5 Å². The minimum Gasteiger partial charge on any atom is -0.493 e. The van der Waals surface area contributed by atoms with Crippen LogP contribution >= 0.6 is 0 Å². The first kappa shape index (κ1) is 23.5. The molecule has 0 aliphatic carbocycles. The zero-order valence-corrected chi connectivity index (χ0v) is 19.1. The van der Waals surface area contributed by atoms with Crippen LogP contribution in [-0.2, 0) is 17.6 Å². The molecule has 1 atom stereocenters. The van der Waals surface area contributed by atoms with Crippen molar-refractivity contribution in [1.29, 1.82) is 0 Å². The molecule has 3 aromatic rings. The molecule has 1 aromatic heterocycles. The normalized spacial score (nSPS) is 13.0. The zero-order valence-electron chi connectivity index (χ0n) is 19.1. The van der Waals surface area contributed by atoms with Crippen molar-refractivity contribution < 1.29 is 19.1 Å². The molecule has 0 saturated carbocycles. The fraction of sp³-hybridized carbons (Fsp3) is 0.385. The van der Waals surface area contributed by atoms with Gasteiger partial charge < -0.3 is 19.6 Å². The van der Waals surface area contributed by atoms with Crippen molar-refractivity contribution in [3.05, 3.63) is 71.6 Å². The average molecular weight is 437 g/mol. The second-order valence-electron chi connectivity index (χ2n) is 8.37. The fourth-order valence-corrected chi connectivity index (χ4v) is 3.86. The molecular formula is C26H32N2O4. The molecule has 0 fully saturated rings. The Labute approximate surface area is 189 Å². The van der Waals surface area contributed by atoms with E-state index in [1.165, 1.54) is 0 Å². The van der Waals surface area contributed by atoms with Crippen LogP contribution in [0.4, 0.5) is 0 Å². The second-order valence-corrected chi connectivity index (χ2v) is 8.37. The first-order chi connectivity index (χ1) is 15.4. The number of aryl methyl sites for hydroxylation is 1. The Hall–Kier alpha value is -3.12. The zero-order chi connectivity index (χ0) is 23.0. The summed E-state index contributed by atoms with van der Waals surface area (Å²) >= 11 is 0. The highest BCUT2D eigenvalue weighted by molar-refractivity contribution is 5.69. The lowest BCUT2D eigenvalue weighted by Gasteiger charge is -2.30. The van der Waals surface area contributed by atoms with Gasteiger partial charge in [-0.1, -0.05) is 43.7 Å². The van der Waals surface area contributed by atoms with Crippen molar-refractivity contribution in [2.45, 2.75) is 52.0 Å². The summed E-state index contributed by atoms with van der Waals surface area (Å²) in [6.07, 6.45) is 3.31. The van der Waals surface area contributed by atoms with Crippen LogP contribution in [-0.4, -0.2) is 34.8 Å². The molecule has 1 unspecified atom stereocenters. The topological polar surface area (TPSA) is 84.6 Å². The van der Waals surface area contributed by atoms with E-state index in [1.54, 1.807) is 0 Å². The molecule has 170 valence electrons. The summed E-state index contributed by atoms with van der Waals surface area (Å²) in [6.45, 7) is 6.58. The number of nitrogens with zero attached hydrogens (tertiary/aromatic N) is 1. The summed E-state index contributed by atoms with van der Waals surface area (Å²) in [7, 11) is 0. The van der Waals surface area contributed by atoms with E-state index in [2.05, 4.69) is 24.1 Å². The summed E-state index contributed by atoms with van der Waals surface area (Å²) in [6, 6.07) is 17.9. The highest BCUT2D eigenvalue weighted by atomic mass is 16.5. The fourth-order valence-electron chi connectivity index (χ4n) is 3.86. The van der Waals surface area contributed by atoms with E-state index in [0.717, 1.165) is 47.6 Å². The number of rotatable bonds is 12. The number of nitrogens with one attached hydrogen (secondary N) is 1. The number of aliphatic carboxylic acids is 1. The van der Waals surface area contributed by atoms with Gasteiger partial charge >= 0.3 is 5.97 Å². The number of hydrogen-bond acceptors (Lipinski definition) is 5. The summed E-state index contributed by atoms with van der Waals surface area (Å²) in [4.78, 5) is 15.6. The van der Waals surface area contributed by atoms with Gasteiger partial charge in [-0.15, -0.1) is 0 Å². The average Bonchev–Trinajstić information content (AvgIpc) is 3.15. The number of ether oxygens (including phenoxy) is 1. The maximum absolute atomic E-state index is 11.0. The van der Waals surface area contributed by atoms with Gasteiger partial charge in [-0.25, -0.2) is 4.98 Å². The van der Waals surface area contributed by atoms with Gasteiger partial charge in [0.25, 0.3) is 0 Å². The molecule has 0 spiro atoms. The largest absolute Gasteiger partial charge is 0.493 e. The SMILES string of the molecule is CCCC(C)(Cc1ccc(OCCc2nc(-c3ccccc3)oc2C)cc1)NCC(=O)O. The van der Waals surface area contributed by atoms with E-state index in [1.807, 2.05) is 61.5 Å². The van der Waals surface area contributed by atoms with Gasteiger partial charge in [0, 0.05) is 17.5 Å². The van der Waals surface area contributed by atoms with Crippen LogP contribution in [0.15, 0.2) is 59.0 Å². The summed E-state index contributed by atoms with van der Waals surface area (Å²) in [5.74, 6) is 1.41. The van der Waals surface area contributed by atoms with Gasteiger partial charge in [-0.3, -0.25) is 4.79 Å². The molecule has 6 heteroatoms. The van der Waals surface area contributed by atoms with Crippen molar-refractivity contribution in [1.82, 2.24) is 10.3 Å². The smallest absolute Gasteiger partial charge is 0.317 e. The molecule has 3 rings (SSSR count). The third-order valence-electron chi connectivity index (χ3n) is 5.51. The van der Waals surface area contributed by atoms with Crippen LogP contribution < -0.4 is 10.1 Å². The van der Waals surface area contributed by atoms with E-state index in [-0.39, 0.29) is 12.1 Å². The number of benzene rings is 2. The maximum atomic E-state index is 11.0. The van der Waals surface area contributed by atoms with Crippen molar-refractivity contribution in [2.75, 3.05) is 13.2 Å². The molecule has 6 nitrogen and oxygen atoms in total. The Bertz CT molecular complexity index is 998. The first-order valence-electron chi connectivity index (χ1n) is 11.1. The molecule has 32 heavy (non-hydrogen) atoms. The van der Waals surface area contributed by atoms with Gasteiger partial charge in [0.2, 0.25) is 5.89 Å².